The second-order valence-corrected chi connectivity index (χ2v) is 4.41. The van der Waals surface area contributed by atoms with Crippen LogP contribution < -0.4 is 0 Å². The maximum atomic E-state index is 13.9. The molecule has 0 atom stereocenters. The Hall–Kier alpha value is -1.75. The summed E-state index contributed by atoms with van der Waals surface area (Å²) in [6, 6.07) is 9.93. The Bertz CT molecular complexity index is 596. The molecule has 5 heteroatoms. The molecule has 1 N–H and O–H groups in total. The Balaban J connectivity index is 2.53. The highest BCUT2D eigenvalue weighted by Gasteiger charge is 2.14. The van der Waals surface area contributed by atoms with E-state index in [-0.39, 0.29) is 15.7 Å². The molecular weight excluding hydrogens is 304 g/mol. The van der Waals surface area contributed by atoms with Crippen molar-refractivity contribution < 1.29 is 14.0 Å². The smallest absolute Gasteiger partial charge is 0.146 e. The molecule has 2 aromatic rings. The van der Waals surface area contributed by atoms with Gasteiger partial charge < -0.3 is 5.21 Å². The summed E-state index contributed by atoms with van der Waals surface area (Å²) < 4.78 is 27.0. The summed E-state index contributed by atoms with van der Waals surface area (Å²) in [5.41, 5.74) is 0.614. The van der Waals surface area contributed by atoms with E-state index >= 15 is 0 Å². The molecule has 0 saturated carbocycles. The molecule has 0 spiro atoms. The average molecular weight is 312 g/mol. The molecule has 0 aromatic heterocycles. The van der Waals surface area contributed by atoms with Gasteiger partial charge in [-0.25, -0.2) is 8.78 Å². The number of rotatable bonds is 2. The summed E-state index contributed by atoms with van der Waals surface area (Å²) in [7, 11) is 0. The summed E-state index contributed by atoms with van der Waals surface area (Å²) in [5, 5.41) is 12.1. The largest absolute Gasteiger partial charge is 0.410 e. The Morgan fingerprint density at radius 3 is 2.33 bits per heavy atom. The lowest BCUT2D eigenvalue weighted by Crippen LogP contribution is -2.06. The second kappa shape index (κ2) is 5.27. The predicted molar refractivity (Wildman–Crippen MR) is 67.9 cm³/mol. The van der Waals surface area contributed by atoms with Crippen LogP contribution in [-0.2, 0) is 0 Å². The van der Waals surface area contributed by atoms with E-state index in [1.807, 2.05) is 0 Å². The minimum Gasteiger partial charge on any atom is -0.410 e. The van der Waals surface area contributed by atoms with Crippen LogP contribution in [0.5, 0.6) is 0 Å². The van der Waals surface area contributed by atoms with Crippen LogP contribution in [0, 0.1) is 11.6 Å². The molecule has 0 saturated heterocycles. The van der Waals surface area contributed by atoms with Gasteiger partial charge in [-0.05, 0) is 52.3 Å². The van der Waals surface area contributed by atoms with E-state index in [4.69, 9.17) is 5.21 Å². The SMILES string of the molecule is ON=C(c1ccc(F)cc1)c1cccc(Br)c1F. The van der Waals surface area contributed by atoms with Gasteiger partial charge in [0, 0.05) is 11.1 Å². The molecule has 0 heterocycles. The van der Waals surface area contributed by atoms with Crippen molar-refractivity contribution in [3.8, 4) is 0 Å². The number of halogens is 3. The summed E-state index contributed by atoms with van der Waals surface area (Å²) in [6.45, 7) is 0. The van der Waals surface area contributed by atoms with Gasteiger partial charge in [-0.1, -0.05) is 11.2 Å². The Labute approximate surface area is 111 Å². The zero-order valence-corrected chi connectivity index (χ0v) is 10.7. The predicted octanol–water partition coefficient (Wildman–Crippen LogP) is 3.95. The molecule has 0 aliphatic heterocycles. The first-order chi connectivity index (χ1) is 8.63. The van der Waals surface area contributed by atoms with Gasteiger partial charge in [0.25, 0.3) is 0 Å². The molecule has 0 radical (unpaired) electrons. The van der Waals surface area contributed by atoms with Gasteiger partial charge in [-0.2, -0.15) is 0 Å². The van der Waals surface area contributed by atoms with Gasteiger partial charge in [0.1, 0.15) is 17.3 Å². The van der Waals surface area contributed by atoms with E-state index in [1.54, 1.807) is 12.1 Å². The summed E-state index contributed by atoms with van der Waals surface area (Å²) in [4.78, 5) is 0. The molecule has 0 unspecified atom stereocenters. The normalized spacial score (nSPS) is 11.6. The van der Waals surface area contributed by atoms with Crippen molar-refractivity contribution in [3.05, 3.63) is 69.7 Å². The van der Waals surface area contributed by atoms with Crippen LogP contribution >= 0.6 is 15.9 Å². The summed E-state index contributed by atoms with van der Waals surface area (Å²) in [5.74, 6) is -0.944. The fraction of sp³-hybridized carbons (Fsp3) is 0. The highest BCUT2D eigenvalue weighted by Crippen LogP contribution is 2.21. The highest BCUT2D eigenvalue weighted by molar-refractivity contribution is 9.10. The van der Waals surface area contributed by atoms with E-state index in [9.17, 15) is 8.78 Å². The quantitative estimate of drug-likeness (QED) is 0.508. The Morgan fingerprint density at radius 2 is 1.72 bits per heavy atom. The first-order valence-corrected chi connectivity index (χ1v) is 5.85. The lowest BCUT2D eigenvalue weighted by atomic mass is 10.0. The minimum absolute atomic E-state index is 0.0498. The van der Waals surface area contributed by atoms with Crippen molar-refractivity contribution in [1.82, 2.24) is 0 Å². The van der Waals surface area contributed by atoms with Gasteiger partial charge in [-0.3, -0.25) is 0 Å². The van der Waals surface area contributed by atoms with Crippen LogP contribution in [0.25, 0.3) is 0 Å². The monoisotopic (exact) mass is 311 g/mol. The van der Waals surface area contributed by atoms with E-state index in [0.29, 0.717) is 5.56 Å². The molecule has 0 aliphatic carbocycles. The maximum absolute atomic E-state index is 13.9. The molecule has 0 aliphatic rings. The number of hydrogen-bond acceptors (Lipinski definition) is 2. The lowest BCUT2D eigenvalue weighted by molar-refractivity contribution is 0.319. The van der Waals surface area contributed by atoms with Gasteiger partial charge in [0.2, 0.25) is 0 Å². The zero-order chi connectivity index (χ0) is 13.1. The summed E-state index contributed by atoms with van der Waals surface area (Å²) in [6.07, 6.45) is 0. The number of oxime groups is 1. The van der Waals surface area contributed by atoms with Gasteiger partial charge in [0.15, 0.2) is 0 Å². The number of nitrogens with zero attached hydrogens (tertiary/aromatic N) is 1. The molecule has 18 heavy (non-hydrogen) atoms. The molecule has 2 nitrogen and oxygen atoms in total. The van der Waals surface area contributed by atoms with Crippen molar-refractivity contribution in [1.29, 1.82) is 0 Å². The van der Waals surface area contributed by atoms with Gasteiger partial charge in [-0.15, -0.1) is 0 Å². The molecular formula is C13H8BrF2NO. The van der Waals surface area contributed by atoms with Crippen molar-refractivity contribution >= 4 is 21.6 Å². The van der Waals surface area contributed by atoms with Crippen LogP contribution in [-0.4, -0.2) is 10.9 Å². The number of benzene rings is 2. The third-order valence-corrected chi connectivity index (χ3v) is 3.04. The van der Waals surface area contributed by atoms with E-state index < -0.39 is 11.6 Å². The topological polar surface area (TPSA) is 32.6 Å². The standard InChI is InChI=1S/C13H8BrF2NO/c14-11-3-1-2-10(12(11)16)13(17-18)8-4-6-9(15)7-5-8/h1-7,18H. The van der Waals surface area contributed by atoms with E-state index in [2.05, 4.69) is 21.1 Å². The van der Waals surface area contributed by atoms with Crippen molar-refractivity contribution in [3.63, 3.8) is 0 Å². The van der Waals surface area contributed by atoms with E-state index in [1.165, 1.54) is 30.3 Å². The molecule has 92 valence electrons. The Kier molecular flexibility index (Phi) is 3.72. The van der Waals surface area contributed by atoms with E-state index in [0.717, 1.165) is 0 Å². The van der Waals surface area contributed by atoms with Crippen molar-refractivity contribution in [2.24, 2.45) is 5.16 Å². The van der Waals surface area contributed by atoms with Gasteiger partial charge in [0.05, 0.1) is 4.47 Å². The van der Waals surface area contributed by atoms with Crippen LogP contribution in [0.15, 0.2) is 52.1 Å². The molecule has 0 amide bonds. The molecule has 0 fully saturated rings. The average Bonchev–Trinajstić information content (AvgIpc) is 2.37. The Morgan fingerprint density at radius 1 is 1.06 bits per heavy atom. The lowest BCUT2D eigenvalue weighted by Gasteiger charge is -2.07. The van der Waals surface area contributed by atoms with Crippen LogP contribution in [0.2, 0.25) is 0 Å². The second-order valence-electron chi connectivity index (χ2n) is 3.56. The maximum Gasteiger partial charge on any atom is 0.146 e. The summed E-state index contributed by atoms with van der Waals surface area (Å²) >= 11 is 3.06. The third-order valence-electron chi connectivity index (χ3n) is 2.42. The van der Waals surface area contributed by atoms with Gasteiger partial charge >= 0.3 is 0 Å². The first-order valence-electron chi connectivity index (χ1n) is 5.06. The van der Waals surface area contributed by atoms with Crippen LogP contribution in [0.1, 0.15) is 11.1 Å². The molecule has 2 rings (SSSR count). The number of hydrogen-bond donors (Lipinski definition) is 1. The fourth-order valence-electron chi connectivity index (χ4n) is 1.56. The van der Waals surface area contributed by atoms with Crippen LogP contribution in [0.3, 0.4) is 0 Å². The first kappa shape index (κ1) is 12.7. The third kappa shape index (κ3) is 2.41. The highest BCUT2D eigenvalue weighted by atomic mass is 79.9. The van der Waals surface area contributed by atoms with Crippen molar-refractivity contribution in [2.75, 3.05) is 0 Å². The molecule has 0 bridgehead atoms. The minimum atomic E-state index is -0.533. The zero-order valence-electron chi connectivity index (χ0n) is 9.07. The fourth-order valence-corrected chi connectivity index (χ4v) is 1.93. The van der Waals surface area contributed by atoms with Crippen molar-refractivity contribution in [2.45, 2.75) is 0 Å². The molecule has 2 aromatic carbocycles. The van der Waals surface area contributed by atoms with Crippen LogP contribution in [0.4, 0.5) is 8.78 Å².